The van der Waals surface area contributed by atoms with Gasteiger partial charge < -0.3 is 15.4 Å². The lowest BCUT2D eigenvalue weighted by Gasteiger charge is -2.14. The van der Waals surface area contributed by atoms with Crippen molar-refractivity contribution >= 4 is 22.5 Å². The van der Waals surface area contributed by atoms with Gasteiger partial charge in [0.2, 0.25) is 5.95 Å². The quantitative estimate of drug-likeness (QED) is 0.497. The molecule has 1 aliphatic rings. The van der Waals surface area contributed by atoms with Crippen molar-refractivity contribution in [1.82, 2.24) is 30.0 Å². The Morgan fingerprint density at radius 1 is 1.29 bits per heavy atom. The molecule has 2 N–H and O–H groups in total. The molecule has 1 aliphatic heterocycles. The number of aromatic nitrogens is 5. The third kappa shape index (κ3) is 4.29. The molecule has 5 rings (SSSR count). The molecule has 154 valence electrons. The van der Waals surface area contributed by atoms with E-state index < -0.39 is 0 Å². The van der Waals surface area contributed by atoms with Crippen molar-refractivity contribution in [3.63, 3.8) is 0 Å². The van der Waals surface area contributed by atoms with Crippen molar-refractivity contribution in [2.75, 3.05) is 18.4 Å². The zero-order valence-corrected chi connectivity index (χ0v) is 16.7. The number of rotatable bonds is 6. The Kier molecular flexibility index (Phi) is 5.12. The summed E-state index contributed by atoms with van der Waals surface area (Å²) >= 11 is 0. The predicted octanol–water partition coefficient (Wildman–Crippen LogP) is 2.63. The fourth-order valence-corrected chi connectivity index (χ4v) is 3.59. The Hall–Kier alpha value is -4.03. The van der Waals surface area contributed by atoms with Crippen LogP contribution in [0, 0.1) is 11.3 Å². The smallest absolute Gasteiger partial charge is 0.227 e. The van der Waals surface area contributed by atoms with Gasteiger partial charge >= 0.3 is 0 Å². The van der Waals surface area contributed by atoms with Crippen LogP contribution in [0.5, 0.6) is 5.75 Å². The molecule has 0 bridgehead atoms. The number of fused-ring (bicyclic) bond motifs is 1. The summed E-state index contributed by atoms with van der Waals surface area (Å²) in [6.07, 6.45) is 5.90. The van der Waals surface area contributed by atoms with Crippen LogP contribution in [0.3, 0.4) is 0 Å². The second kappa shape index (κ2) is 8.38. The van der Waals surface area contributed by atoms with Gasteiger partial charge in [-0.05, 0) is 36.7 Å². The molecular formula is C22H20N8O. The zero-order chi connectivity index (χ0) is 21.0. The van der Waals surface area contributed by atoms with E-state index in [-0.39, 0.29) is 6.10 Å². The van der Waals surface area contributed by atoms with Crippen molar-refractivity contribution in [2.24, 2.45) is 0 Å². The Morgan fingerprint density at radius 3 is 3.06 bits per heavy atom. The van der Waals surface area contributed by atoms with E-state index in [1.807, 2.05) is 30.3 Å². The second-order valence-electron chi connectivity index (χ2n) is 7.36. The molecule has 9 heteroatoms. The zero-order valence-electron chi connectivity index (χ0n) is 16.7. The molecule has 1 atom stereocenters. The lowest BCUT2D eigenvalue weighted by Crippen LogP contribution is -2.20. The van der Waals surface area contributed by atoms with E-state index in [4.69, 9.17) is 4.74 Å². The minimum atomic E-state index is 0.0664. The third-order valence-corrected chi connectivity index (χ3v) is 5.10. The lowest BCUT2D eigenvalue weighted by molar-refractivity contribution is 0.222. The molecule has 0 radical (unpaired) electrons. The molecule has 0 aliphatic carbocycles. The molecule has 0 saturated carbocycles. The van der Waals surface area contributed by atoms with Gasteiger partial charge in [-0.25, -0.2) is 19.6 Å². The van der Waals surface area contributed by atoms with Crippen LogP contribution in [0.1, 0.15) is 17.5 Å². The number of nitriles is 1. The van der Waals surface area contributed by atoms with Crippen LogP contribution in [0.25, 0.3) is 10.9 Å². The number of hydrogen-bond donors (Lipinski definition) is 2. The van der Waals surface area contributed by atoms with Gasteiger partial charge in [0.1, 0.15) is 30.6 Å². The van der Waals surface area contributed by atoms with E-state index >= 15 is 0 Å². The highest BCUT2D eigenvalue weighted by atomic mass is 16.5. The number of nitrogens with zero attached hydrogens (tertiary/aromatic N) is 6. The molecule has 4 aromatic rings. The highest BCUT2D eigenvalue weighted by Gasteiger charge is 2.18. The van der Waals surface area contributed by atoms with E-state index in [0.29, 0.717) is 23.8 Å². The number of ether oxygens (including phenoxy) is 1. The molecule has 3 heterocycles. The number of benzene rings is 2. The summed E-state index contributed by atoms with van der Waals surface area (Å²) in [5, 5.41) is 21.0. The van der Waals surface area contributed by atoms with E-state index in [2.05, 4.69) is 36.8 Å². The summed E-state index contributed by atoms with van der Waals surface area (Å²) in [4.78, 5) is 13.0. The fourth-order valence-electron chi connectivity index (χ4n) is 3.59. The van der Waals surface area contributed by atoms with Crippen LogP contribution in [-0.4, -0.2) is 43.9 Å². The first-order chi connectivity index (χ1) is 15.3. The first-order valence-corrected chi connectivity index (χ1v) is 10.0. The first-order valence-electron chi connectivity index (χ1n) is 10.0. The lowest BCUT2D eigenvalue weighted by atomic mass is 10.1. The SMILES string of the molecule is N#Cc1cc2cnc(Nc3cccc(Cn4cncn4)c3)nc2cc1O[C@H]1CCNC1. The molecule has 1 fully saturated rings. The Balaban J connectivity index is 1.39. The summed E-state index contributed by atoms with van der Waals surface area (Å²) in [6.45, 7) is 2.33. The molecule has 0 spiro atoms. The summed E-state index contributed by atoms with van der Waals surface area (Å²) < 4.78 is 7.81. The van der Waals surface area contributed by atoms with E-state index in [1.54, 1.807) is 23.3 Å². The maximum absolute atomic E-state index is 9.51. The molecule has 9 nitrogen and oxygen atoms in total. The average molecular weight is 412 g/mol. The Morgan fingerprint density at radius 2 is 2.26 bits per heavy atom. The van der Waals surface area contributed by atoms with E-state index in [9.17, 15) is 5.26 Å². The minimum Gasteiger partial charge on any atom is -0.488 e. The Labute approximate surface area is 178 Å². The van der Waals surface area contributed by atoms with Crippen molar-refractivity contribution in [3.8, 4) is 11.8 Å². The van der Waals surface area contributed by atoms with Crippen molar-refractivity contribution in [2.45, 2.75) is 19.1 Å². The van der Waals surface area contributed by atoms with E-state index in [0.717, 1.165) is 41.7 Å². The van der Waals surface area contributed by atoms with Crippen molar-refractivity contribution in [1.29, 1.82) is 5.26 Å². The van der Waals surface area contributed by atoms with Crippen LogP contribution < -0.4 is 15.4 Å². The van der Waals surface area contributed by atoms with Crippen molar-refractivity contribution in [3.05, 3.63) is 66.4 Å². The van der Waals surface area contributed by atoms with Crippen molar-refractivity contribution < 1.29 is 4.74 Å². The number of nitrogens with one attached hydrogen (secondary N) is 2. The topological polar surface area (TPSA) is 114 Å². The first kappa shape index (κ1) is 19.0. The van der Waals surface area contributed by atoms with Gasteiger partial charge in [-0.3, -0.25) is 0 Å². The maximum atomic E-state index is 9.51. The molecule has 1 saturated heterocycles. The van der Waals surface area contributed by atoms with Gasteiger partial charge in [0.25, 0.3) is 0 Å². The Bertz CT molecular complexity index is 1240. The summed E-state index contributed by atoms with van der Waals surface area (Å²) in [5.74, 6) is 1.03. The van der Waals surface area contributed by atoms with Gasteiger partial charge in [0.05, 0.1) is 17.6 Å². The van der Waals surface area contributed by atoms with Crippen LogP contribution in [0.4, 0.5) is 11.6 Å². The van der Waals surface area contributed by atoms with Crippen LogP contribution in [0.2, 0.25) is 0 Å². The molecule has 31 heavy (non-hydrogen) atoms. The largest absolute Gasteiger partial charge is 0.488 e. The minimum absolute atomic E-state index is 0.0664. The van der Waals surface area contributed by atoms with Crippen LogP contribution in [0.15, 0.2) is 55.2 Å². The molecule has 0 amide bonds. The standard InChI is InChI=1S/C22H20N8O/c23-9-16-7-17-10-26-22(29-20(17)8-21(16)31-19-4-5-24-11-19)28-18-3-1-2-15(6-18)12-30-14-25-13-27-30/h1-3,6-8,10,13-14,19,24H,4-5,11-12H2,(H,26,28,29)/t19-/m0/s1. The van der Waals surface area contributed by atoms with Gasteiger partial charge in [0, 0.05) is 29.9 Å². The fraction of sp³-hybridized carbons (Fsp3) is 0.227. The van der Waals surface area contributed by atoms with Gasteiger partial charge in [0.15, 0.2) is 0 Å². The highest BCUT2D eigenvalue weighted by molar-refractivity contribution is 5.83. The molecule has 0 unspecified atom stereocenters. The van der Waals surface area contributed by atoms with Crippen LogP contribution in [-0.2, 0) is 6.54 Å². The average Bonchev–Trinajstić information content (AvgIpc) is 3.48. The highest BCUT2D eigenvalue weighted by Crippen LogP contribution is 2.27. The van der Waals surface area contributed by atoms with Crippen LogP contribution >= 0.6 is 0 Å². The summed E-state index contributed by atoms with van der Waals surface area (Å²) in [6, 6.07) is 13.8. The number of hydrogen-bond acceptors (Lipinski definition) is 8. The van der Waals surface area contributed by atoms with E-state index in [1.165, 1.54) is 6.33 Å². The third-order valence-electron chi connectivity index (χ3n) is 5.10. The predicted molar refractivity (Wildman–Crippen MR) is 115 cm³/mol. The van der Waals surface area contributed by atoms with Gasteiger partial charge in [-0.2, -0.15) is 10.4 Å². The molecular weight excluding hydrogens is 392 g/mol. The summed E-state index contributed by atoms with van der Waals surface area (Å²) in [5.41, 5.74) is 3.16. The number of anilines is 2. The molecule has 2 aromatic heterocycles. The van der Waals surface area contributed by atoms with Gasteiger partial charge in [-0.1, -0.05) is 12.1 Å². The van der Waals surface area contributed by atoms with Gasteiger partial charge in [-0.15, -0.1) is 0 Å². The summed E-state index contributed by atoms with van der Waals surface area (Å²) in [7, 11) is 0. The second-order valence-corrected chi connectivity index (χ2v) is 7.36. The molecule has 2 aromatic carbocycles. The normalized spacial score (nSPS) is 15.6. The monoisotopic (exact) mass is 412 g/mol. The maximum Gasteiger partial charge on any atom is 0.227 e.